The topological polar surface area (TPSA) is 68.0 Å². The van der Waals surface area contributed by atoms with Crippen molar-refractivity contribution in [3.63, 3.8) is 0 Å². The molecule has 0 bridgehead atoms. The summed E-state index contributed by atoms with van der Waals surface area (Å²) in [5.41, 5.74) is 1.96. The number of nitrogens with zero attached hydrogens (tertiary/aromatic N) is 2. The summed E-state index contributed by atoms with van der Waals surface area (Å²) in [5.74, 6) is 0.146. The van der Waals surface area contributed by atoms with Crippen LogP contribution in [-0.4, -0.2) is 21.9 Å². The summed E-state index contributed by atoms with van der Waals surface area (Å²) in [4.78, 5) is 12.2. The molecule has 0 aliphatic rings. The second-order valence-electron chi connectivity index (χ2n) is 5.27. The van der Waals surface area contributed by atoms with Crippen LogP contribution in [0.1, 0.15) is 5.56 Å². The van der Waals surface area contributed by atoms with E-state index < -0.39 is 0 Å². The fourth-order valence-corrected chi connectivity index (χ4v) is 3.21. The molecule has 9 heteroatoms. The highest BCUT2D eigenvalue weighted by Crippen LogP contribution is 2.33. The summed E-state index contributed by atoms with van der Waals surface area (Å²) in [5, 5.41) is 12.3. The van der Waals surface area contributed by atoms with Gasteiger partial charge in [0.1, 0.15) is 0 Å². The molecule has 1 aromatic heterocycles. The largest absolute Gasteiger partial charge is 0.411 e. The number of hydrogen-bond donors (Lipinski definition) is 1. The predicted molar refractivity (Wildman–Crippen MR) is 105 cm³/mol. The minimum absolute atomic E-state index is 0.0723. The number of carbonyl (C=O) groups excluding carboxylic acids is 1. The van der Waals surface area contributed by atoms with Gasteiger partial charge in [-0.2, -0.15) is 0 Å². The van der Waals surface area contributed by atoms with Crippen LogP contribution in [0.25, 0.3) is 11.5 Å². The van der Waals surface area contributed by atoms with Crippen molar-refractivity contribution in [3.8, 4) is 11.5 Å². The Kier molecular flexibility index (Phi) is 6.09. The van der Waals surface area contributed by atoms with E-state index in [-0.39, 0.29) is 16.9 Å². The molecule has 0 aliphatic heterocycles. The summed E-state index contributed by atoms with van der Waals surface area (Å²) < 4.78 is 5.54. The van der Waals surface area contributed by atoms with Crippen LogP contribution in [0.2, 0.25) is 15.1 Å². The number of amides is 1. The van der Waals surface area contributed by atoms with E-state index in [2.05, 4.69) is 15.5 Å². The van der Waals surface area contributed by atoms with Crippen LogP contribution in [0.5, 0.6) is 0 Å². The van der Waals surface area contributed by atoms with Gasteiger partial charge in [0.25, 0.3) is 5.22 Å². The molecule has 0 aliphatic carbocycles. The predicted octanol–water partition coefficient (Wildman–Crippen LogP) is 5.74. The number of benzene rings is 2. The van der Waals surface area contributed by atoms with E-state index in [0.29, 0.717) is 26.6 Å². The van der Waals surface area contributed by atoms with Crippen molar-refractivity contribution in [1.82, 2.24) is 10.2 Å². The van der Waals surface area contributed by atoms with Gasteiger partial charge in [-0.25, -0.2) is 0 Å². The lowest BCUT2D eigenvalue weighted by molar-refractivity contribution is -0.113. The second kappa shape index (κ2) is 8.31. The fraction of sp³-hybridized carbons (Fsp3) is 0.118. The zero-order chi connectivity index (χ0) is 18.7. The first-order valence-electron chi connectivity index (χ1n) is 7.40. The molecule has 3 rings (SSSR count). The molecule has 0 saturated heterocycles. The van der Waals surface area contributed by atoms with Crippen molar-refractivity contribution in [2.24, 2.45) is 0 Å². The van der Waals surface area contributed by atoms with Crippen LogP contribution >= 0.6 is 46.6 Å². The molecular weight excluding hydrogens is 417 g/mol. The van der Waals surface area contributed by atoms with Gasteiger partial charge in [-0.15, -0.1) is 10.2 Å². The number of aryl methyl sites for hydroxylation is 1. The number of hydrogen-bond acceptors (Lipinski definition) is 5. The molecule has 1 heterocycles. The summed E-state index contributed by atoms with van der Waals surface area (Å²) in [6.07, 6.45) is 0. The Hall–Kier alpha value is -1.73. The van der Waals surface area contributed by atoms with Crippen LogP contribution in [0.4, 0.5) is 5.69 Å². The smallest absolute Gasteiger partial charge is 0.277 e. The van der Waals surface area contributed by atoms with Crippen molar-refractivity contribution in [2.45, 2.75) is 12.1 Å². The van der Waals surface area contributed by atoms with Crippen LogP contribution < -0.4 is 5.32 Å². The Morgan fingerprint density at radius 2 is 1.85 bits per heavy atom. The highest BCUT2D eigenvalue weighted by atomic mass is 35.5. The lowest BCUT2D eigenvalue weighted by atomic mass is 10.2. The molecule has 26 heavy (non-hydrogen) atoms. The second-order valence-corrected chi connectivity index (χ2v) is 7.42. The first kappa shape index (κ1) is 19.0. The Morgan fingerprint density at radius 3 is 2.58 bits per heavy atom. The number of rotatable bonds is 5. The number of anilines is 1. The van der Waals surface area contributed by atoms with E-state index in [1.165, 1.54) is 0 Å². The van der Waals surface area contributed by atoms with Gasteiger partial charge in [0.05, 0.1) is 21.5 Å². The third-order valence-corrected chi connectivity index (χ3v) is 5.25. The van der Waals surface area contributed by atoms with Gasteiger partial charge in [0.15, 0.2) is 0 Å². The standard InChI is InChI=1S/C17H12Cl3N3O2S/c1-9-2-7-12(19)15(14(9)20)21-13(24)8-26-17-23-22-16(25-17)10-3-5-11(18)6-4-10/h2-7H,8H2,1H3,(H,21,24). The molecule has 0 saturated carbocycles. The highest BCUT2D eigenvalue weighted by molar-refractivity contribution is 7.99. The van der Waals surface area contributed by atoms with E-state index in [1.54, 1.807) is 36.4 Å². The van der Waals surface area contributed by atoms with E-state index in [9.17, 15) is 4.79 Å². The normalized spacial score (nSPS) is 10.8. The lowest BCUT2D eigenvalue weighted by Gasteiger charge is -2.10. The van der Waals surface area contributed by atoms with Crippen molar-refractivity contribution in [2.75, 3.05) is 11.1 Å². The molecule has 3 aromatic rings. The number of carbonyl (C=O) groups is 1. The molecule has 1 amide bonds. The van der Waals surface area contributed by atoms with Gasteiger partial charge in [-0.3, -0.25) is 4.79 Å². The van der Waals surface area contributed by atoms with Crippen molar-refractivity contribution < 1.29 is 9.21 Å². The average molecular weight is 429 g/mol. The first-order chi connectivity index (χ1) is 12.4. The Morgan fingerprint density at radius 1 is 1.12 bits per heavy atom. The van der Waals surface area contributed by atoms with Crippen LogP contribution in [-0.2, 0) is 4.79 Å². The molecule has 0 unspecified atom stereocenters. The first-order valence-corrected chi connectivity index (χ1v) is 9.52. The van der Waals surface area contributed by atoms with Gasteiger partial charge in [0, 0.05) is 10.6 Å². The molecule has 2 aromatic carbocycles. The molecule has 0 fully saturated rings. The van der Waals surface area contributed by atoms with E-state index >= 15 is 0 Å². The Labute approximate surface area is 169 Å². The number of halogens is 3. The number of thioether (sulfide) groups is 1. The highest BCUT2D eigenvalue weighted by Gasteiger charge is 2.14. The van der Waals surface area contributed by atoms with Crippen molar-refractivity contribution in [3.05, 3.63) is 57.0 Å². The summed E-state index contributed by atoms with van der Waals surface area (Å²) in [7, 11) is 0. The van der Waals surface area contributed by atoms with E-state index in [4.69, 9.17) is 39.2 Å². The SMILES string of the molecule is Cc1ccc(Cl)c(NC(=O)CSc2nnc(-c3ccc(Cl)cc3)o2)c1Cl. The Bertz CT molecular complexity index is 945. The minimum Gasteiger partial charge on any atom is -0.411 e. The van der Waals surface area contributed by atoms with E-state index in [0.717, 1.165) is 22.9 Å². The summed E-state index contributed by atoms with van der Waals surface area (Å²) >= 11 is 19.2. The van der Waals surface area contributed by atoms with Gasteiger partial charge in [0.2, 0.25) is 11.8 Å². The maximum absolute atomic E-state index is 12.2. The van der Waals surface area contributed by atoms with Crippen molar-refractivity contribution in [1.29, 1.82) is 0 Å². The van der Waals surface area contributed by atoms with Gasteiger partial charge < -0.3 is 9.73 Å². The average Bonchev–Trinajstić information content (AvgIpc) is 3.10. The van der Waals surface area contributed by atoms with Gasteiger partial charge in [-0.1, -0.05) is 52.6 Å². The van der Waals surface area contributed by atoms with Gasteiger partial charge >= 0.3 is 0 Å². The maximum atomic E-state index is 12.2. The molecule has 1 N–H and O–H groups in total. The zero-order valence-electron chi connectivity index (χ0n) is 13.4. The number of nitrogens with one attached hydrogen (secondary N) is 1. The summed E-state index contributed by atoms with van der Waals surface area (Å²) in [6, 6.07) is 10.5. The molecule has 0 spiro atoms. The molecular formula is C17H12Cl3N3O2S. The van der Waals surface area contributed by atoms with Crippen LogP contribution in [0, 0.1) is 6.92 Å². The third kappa shape index (κ3) is 4.51. The van der Waals surface area contributed by atoms with E-state index in [1.807, 2.05) is 6.92 Å². The Balaban J connectivity index is 1.62. The minimum atomic E-state index is -0.282. The van der Waals surface area contributed by atoms with Crippen LogP contribution in [0.15, 0.2) is 46.0 Å². The van der Waals surface area contributed by atoms with Gasteiger partial charge in [-0.05, 0) is 42.8 Å². The van der Waals surface area contributed by atoms with Crippen molar-refractivity contribution >= 4 is 58.2 Å². The lowest BCUT2D eigenvalue weighted by Crippen LogP contribution is -2.15. The summed E-state index contributed by atoms with van der Waals surface area (Å²) in [6.45, 7) is 1.83. The quantitative estimate of drug-likeness (QED) is 0.525. The monoisotopic (exact) mass is 427 g/mol. The fourth-order valence-electron chi connectivity index (χ4n) is 2.05. The maximum Gasteiger partial charge on any atom is 0.277 e. The molecule has 134 valence electrons. The molecule has 0 atom stereocenters. The third-order valence-electron chi connectivity index (χ3n) is 3.37. The molecule has 5 nitrogen and oxygen atoms in total. The zero-order valence-corrected chi connectivity index (χ0v) is 16.5. The van der Waals surface area contributed by atoms with Crippen LogP contribution in [0.3, 0.4) is 0 Å². The number of aromatic nitrogens is 2. The molecule has 0 radical (unpaired) electrons.